The number of aromatic nitrogens is 2. The van der Waals surface area contributed by atoms with E-state index in [1.165, 1.54) is 10.9 Å². The predicted molar refractivity (Wildman–Crippen MR) is 73.5 cm³/mol. The van der Waals surface area contributed by atoms with Crippen molar-refractivity contribution in [1.82, 2.24) is 15.5 Å². The van der Waals surface area contributed by atoms with Crippen LogP contribution in [0.25, 0.3) is 10.9 Å². The first kappa shape index (κ1) is 11.9. The number of benzene rings is 1. The second-order valence-corrected chi connectivity index (χ2v) is 4.53. The summed E-state index contributed by atoms with van der Waals surface area (Å²) < 4.78 is 5.16. The molecule has 0 bridgehead atoms. The standard InChI is InChI=1S/C15H15N3O/c1-11-8-13(19-18-11)10-16-9-12-6-7-17-15-5-3-2-4-14(12)15/h2-8,16H,9-10H2,1H3. The SMILES string of the molecule is Cc1cc(CNCc2ccnc3ccccc23)on1. The number of pyridine rings is 1. The van der Waals surface area contributed by atoms with Crippen molar-refractivity contribution in [2.24, 2.45) is 0 Å². The third kappa shape index (κ3) is 2.63. The van der Waals surface area contributed by atoms with E-state index in [2.05, 4.69) is 21.5 Å². The summed E-state index contributed by atoms with van der Waals surface area (Å²) in [5.74, 6) is 0.857. The van der Waals surface area contributed by atoms with Gasteiger partial charge in [0.25, 0.3) is 0 Å². The van der Waals surface area contributed by atoms with Gasteiger partial charge >= 0.3 is 0 Å². The number of nitrogens with one attached hydrogen (secondary N) is 1. The maximum atomic E-state index is 5.16. The highest BCUT2D eigenvalue weighted by Crippen LogP contribution is 2.15. The zero-order chi connectivity index (χ0) is 13.1. The van der Waals surface area contributed by atoms with E-state index < -0.39 is 0 Å². The number of rotatable bonds is 4. The Morgan fingerprint density at radius 1 is 1.16 bits per heavy atom. The molecule has 19 heavy (non-hydrogen) atoms. The van der Waals surface area contributed by atoms with Crippen LogP contribution in [-0.4, -0.2) is 10.1 Å². The molecule has 3 rings (SSSR count). The molecule has 0 unspecified atom stereocenters. The van der Waals surface area contributed by atoms with Crippen LogP contribution in [0.2, 0.25) is 0 Å². The summed E-state index contributed by atoms with van der Waals surface area (Å²) in [4.78, 5) is 4.36. The summed E-state index contributed by atoms with van der Waals surface area (Å²) in [7, 11) is 0. The molecule has 3 aromatic rings. The van der Waals surface area contributed by atoms with Crippen LogP contribution in [0.3, 0.4) is 0 Å². The zero-order valence-corrected chi connectivity index (χ0v) is 10.8. The Labute approximate surface area is 111 Å². The second-order valence-electron chi connectivity index (χ2n) is 4.53. The zero-order valence-electron chi connectivity index (χ0n) is 10.8. The minimum Gasteiger partial charge on any atom is -0.360 e. The summed E-state index contributed by atoms with van der Waals surface area (Å²) in [5.41, 5.74) is 3.17. The van der Waals surface area contributed by atoms with Gasteiger partial charge in [0.1, 0.15) is 0 Å². The Hall–Kier alpha value is -2.20. The van der Waals surface area contributed by atoms with Crippen LogP contribution < -0.4 is 5.32 Å². The summed E-state index contributed by atoms with van der Waals surface area (Å²) in [6.07, 6.45) is 1.85. The normalized spacial score (nSPS) is 11.0. The number of nitrogens with zero attached hydrogens (tertiary/aromatic N) is 2. The first-order valence-electron chi connectivity index (χ1n) is 6.28. The molecule has 0 saturated heterocycles. The third-order valence-corrected chi connectivity index (χ3v) is 3.03. The van der Waals surface area contributed by atoms with Crippen molar-refractivity contribution in [1.29, 1.82) is 0 Å². The molecule has 0 aliphatic rings. The van der Waals surface area contributed by atoms with Gasteiger partial charge in [0.15, 0.2) is 5.76 Å². The van der Waals surface area contributed by atoms with Crippen molar-refractivity contribution in [3.05, 3.63) is 59.6 Å². The predicted octanol–water partition coefficient (Wildman–Crippen LogP) is 2.82. The Bertz CT molecular complexity index is 685. The lowest BCUT2D eigenvalue weighted by molar-refractivity contribution is 0.369. The maximum Gasteiger partial charge on any atom is 0.150 e. The number of hydrogen-bond acceptors (Lipinski definition) is 4. The monoisotopic (exact) mass is 253 g/mol. The Kier molecular flexibility index (Phi) is 3.25. The Morgan fingerprint density at radius 3 is 2.89 bits per heavy atom. The molecule has 0 aliphatic heterocycles. The third-order valence-electron chi connectivity index (χ3n) is 3.03. The largest absolute Gasteiger partial charge is 0.360 e. The lowest BCUT2D eigenvalue weighted by Crippen LogP contribution is -2.12. The molecule has 1 aromatic carbocycles. The van der Waals surface area contributed by atoms with Crippen molar-refractivity contribution in [2.45, 2.75) is 20.0 Å². The fraction of sp³-hybridized carbons (Fsp3) is 0.200. The molecule has 96 valence electrons. The fourth-order valence-corrected chi connectivity index (χ4v) is 2.13. The van der Waals surface area contributed by atoms with E-state index in [9.17, 15) is 0 Å². The van der Waals surface area contributed by atoms with Crippen molar-refractivity contribution >= 4 is 10.9 Å². The molecular formula is C15H15N3O. The highest BCUT2D eigenvalue weighted by Gasteiger charge is 2.03. The Balaban J connectivity index is 1.71. The second kappa shape index (κ2) is 5.20. The lowest BCUT2D eigenvalue weighted by atomic mass is 10.1. The molecule has 4 nitrogen and oxygen atoms in total. The molecule has 2 aromatic heterocycles. The molecule has 0 fully saturated rings. The number of para-hydroxylation sites is 1. The Morgan fingerprint density at radius 2 is 2.05 bits per heavy atom. The topological polar surface area (TPSA) is 51.0 Å². The van der Waals surface area contributed by atoms with Gasteiger partial charge in [-0.1, -0.05) is 23.4 Å². The fourth-order valence-electron chi connectivity index (χ4n) is 2.13. The van der Waals surface area contributed by atoms with Crippen molar-refractivity contribution in [3.63, 3.8) is 0 Å². The molecule has 1 N–H and O–H groups in total. The van der Waals surface area contributed by atoms with E-state index in [-0.39, 0.29) is 0 Å². The first-order valence-corrected chi connectivity index (χ1v) is 6.28. The van der Waals surface area contributed by atoms with Crippen LogP contribution >= 0.6 is 0 Å². The highest BCUT2D eigenvalue weighted by molar-refractivity contribution is 5.81. The van der Waals surface area contributed by atoms with Gasteiger partial charge in [0.2, 0.25) is 0 Å². The minimum atomic E-state index is 0.678. The minimum absolute atomic E-state index is 0.678. The van der Waals surface area contributed by atoms with E-state index in [4.69, 9.17) is 4.52 Å². The van der Waals surface area contributed by atoms with E-state index >= 15 is 0 Å². The average molecular weight is 253 g/mol. The van der Waals surface area contributed by atoms with E-state index in [1.54, 1.807) is 0 Å². The van der Waals surface area contributed by atoms with E-state index in [0.29, 0.717) is 6.54 Å². The molecule has 0 radical (unpaired) electrons. The lowest BCUT2D eigenvalue weighted by Gasteiger charge is -2.06. The van der Waals surface area contributed by atoms with Gasteiger partial charge in [-0.15, -0.1) is 0 Å². The summed E-state index contributed by atoms with van der Waals surface area (Å²) in [6.45, 7) is 3.38. The van der Waals surface area contributed by atoms with Crippen molar-refractivity contribution in [2.75, 3.05) is 0 Å². The van der Waals surface area contributed by atoms with E-state index in [1.807, 2.05) is 43.5 Å². The maximum absolute atomic E-state index is 5.16. The molecule has 0 atom stereocenters. The van der Waals surface area contributed by atoms with Gasteiger partial charge in [-0.3, -0.25) is 4.98 Å². The van der Waals surface area contributed by atoms with Crippen LogP contribution in [-0.2, 0) is 13.1 Å². The van der Waals surface area contributed by atoms with Gasteiger partial charge in [-0.25, -0.2) is 0 Å². The molecule has 0 spiro atoms. The summed E-state index contributed by atoms with van der Waals surface area (Å²) in [5, 5.41) is 8.42. The number of hydrogen-bond donors (Lipinski definition) is 1. The van der Waals surface area contributed by atoms with Crippen LogP contribution in [0, 0.1) is 6.92 Å². The average Bonchev–Trinajstić information content (AvgIpc) is 2.85. The molecular weight excluding hydrogens is 238 g/mol. The number of aryl methyl sites for hydroxylation is 1. The van der Waals surface area contributed by atoms with Gasteiger partial charge in [-0.05, 0) is 24.6 Å². The van der Waals surface area contributed by atoms with Crippen LogP contribution in [0.5, 0.6) is 0 Å². The quantitative estimate of drug-likeness (QED) is 0.776. The van der Waals surface area contributed by atoms with Gasteiger partial charge in [0.05, 0.1) is 17.8 Å². The first-order chi connectivity index (χ1) is 9.33. The van der Waals surface area contributed by atoms with Crippen LogP contribution in [0.1, 0.15) is 17.0 Å². The van der Waals surface area contributed by atoms with Crippen LogP contribution in [0.4, 0.5) is 0 Å². The van der Waals surface area contributed by atoms with Crippen molar-refractivity contribution in [3.8, 4) is 0 Å². The molecule has 0 amide bonds. The highest BCUT2D eigenvalue weighted by atomic mass is 16.5. The molecule has 0 saturated carbocycles. The van der Waals surface area contributed by atoms with Gasteiger partial charge < -0.3 is 9.84 Å². The number of fused-ring (bicyclic) bond motifs is 1. The summed E-state index contributed by atoms with van der Waals surface area (Å²) >= 11 is 0. The molecule has 0 aliphatic carbocycles. The van der Waals surface area contributed by atoms with Crippen molar-refractivity contribution < 1.29 is 4.52 Å². The molecule has 2 heterocycles. The van der Waals surface area contributed by atoms with Crippen LogP contribution in [0.15, 0.2) is 47.1 Å². The smallest absolute Gasteiger partial charge is 0.150 e. The van der Waals surface area contributed by atoms with Gasteiger partial charge in [0, 0.05) is 24.2 Å². The summed E-state index contributed by atoms with van der Waals surface area (Å²) in [6, 6.07) is 12.1. The molecule has 4 heteroatoms. The van der Waals surface area contributed by atoms with Gasteiger partial charge in [-0.2, -0.15) is 0 Å². The van der Waals surface area contributed by atoms with E-state index in [0.717, 1.165) is 23.5 Å².